The van der Waals surface area contributed by atoms with Gasteiger partial charge in [0.05, 0.1) is 23.1 Å². The highest BCUT2D eigenvalue weighted by atomic mass is 15.2. The van der Waals surface area contributed by atoms with Gasteiger partial charge in [0.25, 0.3) is 0 Å². The zero-order valence-electron chi connectivity index (χ0n) is 20.5. The lowest BCUT2D eigenvalue weighted by Gasteiger charge is -2.30. The number of anilines is 3. The molecular weight excluding hydrogens is 446 g/mol. The minimum Gasteiger partial charge on any atom is -0.382 e. The Morgan fingerprint density at radius 2 is 1.69 bits per heavy atom. The van der Waals surface area contributed by atoms with Crippen LogP contribution in [0.25, 0.3) is 22.3 Å². The van der Waals surface area contributed by atoms with Gasteiger partial charge >= 0.3 is 0 Å². The van der Waals surface area contributed by atoms with E-state index >= 15 is 0 Å². The number of H-pyrrole nitrogens is 1. The molecule has 0 aliphatic carbocycles. The third kappa shape index (κ3) is 4.97. The van der Waals surface area contributed by atoms with Crippen molar-refractivity contribution in [2.75, 3.05) is 30.8 Å². The first kappa shape index (κ1) is 22.4. The summed E-state index contributed by atoms with van der Waals surface area (Å²) in [4.78, 5) is 6.96. The molecule has 0 bridgehead atoms. The summed E-state index contributed by atoms with van der Waals surface area (Å²) in [5.41, 5.74) is 7.57. The average molecular weight is 478 g/mol. The predicted molar refractivity (Wildman–Crippen MR) is 147 cm³/mol. The summed E-state index contributed by atoms with van der Waals surface area (Å²) in [5.74, 6) is 0.791. The molecular formula is C29H31N7. The molecule has 7 nitrogen and oxygen atoms in total. The van der Waals surface area contributed by atoms with E-state index in [1.54, 1.807) is 0 Å². The van der Waals surface area contributed by atoms with Gasteiger partial charge in [0, 0.05) is 35.6 Å². The SMILES string of the molecule is CN1CCC(Nc2ccc(Nc3cc(-c4ccc5ncn(Cc6ccccc6)c5c4)[nH]n3)cc2)CC1. The van der Waals surface area contributed by atoms with Crippen LogP contribution in [0.15, 0.2) is 85.2 Å². The average Bonchev–Trinajstić information content (AvgIpc) is 3.54. The van der Waals surface area contributed by atoms with Crippen molar-refractivity contribution in [1.29, 1.82) is 0 Å². The van der Waals surface area contributed by atoms with E-state index in [0.29, 0.717) is 6.04 Å². The highest BCUT2D eigenvalue weighted by Gasteiger charge is 2.16. The van der Waals surface area contributed by atoms with Crippen molar-refractivity contribution in [1.82, 2.24) is 24.6 Å². The summed E-state index contributed by atoms with van der Waals surface area (Å²) in [6, 6.07) is 27.8. The molecule has 5 aromatic rings. The summed E-state index contributed by atoms with van der Waals surface area (Å²) in [6.45, 7) is 3.10. The van der Waals surface area contributed by atoms with Gasteiger partial charge in [-0.05, 0) is 74.9 Å². The summed E-state index contributed by atoms with van der Waals surface area (Å²) in [6.07, 6.45) is 4.28. The Bertz CT molecular complexity index is 1430. The standard InChI is InChI=1S/C29H31N7/c1-35-15-13-25(14-16-35)31-23-8-10-24(11-9-23)32-29-18-27(33-34-29)22-7-12-26-28(17-22)36(20-30-26)19-21-5-3-2-4-6-21/h2-12,17-18,20,25,31H,13-16,19H2,1H3,(H2,32,33,34). The molecule has 6 rings (SSSR count). The Morgan fingerprint density at radius 1 is 0.917 bits per heavy atom. The van der Waals surface area contributed by atoms with Crippen molar-refractivity contribution in [3.05, 3.63) is 90.8 Å². The molecule has 1 aliphatic heterocycles. The molecule has 7 heteroatoms. The minimum atomic E-state index is 0.551. The molecule has 1 aliphatic rings. The second-order valence-electron chi connectivity index (χ2n) is 9.65. The number of aromatic nitrogens is 4. The Hall–Kier alpha value is -4.10. The number of hydrogen-bond acceptors (Lipinski definition) is 5. The van der Waals surface area contributed by atoms with Crippen molar-refractivity contribution < 1.29 is 0 Å². The van der Waals surface area contributed by atoms with Gasteiger partial charge in [-0.3, -0.25) is 5.10 Å². The fourth-order valence-corrected chi connectivity index (χ4v) is 4.85. The summed E-state index contributed by atoms with van der Waals surface area (Å²) < 4.78 is 2.19. The van der Waals surface area contributed by atoms with Crippen LogP contribution in [-0.2, 0) is 6.54 Å². The molecule has 0 radical (unpaired) electrons. The number of nitrogens with one attached hydrogen (secondary N) is 3. The fraction of sp³-hybridized carbons (Fsp3) is 0.241. The van der Waals surface area contributed by atoms with Crippen molar-refractivity contribution in [3.63, 3.8) is 0 Å². The zero-order chi connectivity index (χ0) is 24.3. The minimum absolute atomic E-state index is 0.551. The van der Waals surface area contributed by atoms with Gasteiger partial charge < -0.3 is 20.1 Å². The smallest absolute Gasteiger partial charge is 0.152 e. The van der Waals surface area contributed by atoms with Crippen LogP contribution in [0.4, 0.5) is 17.2 Å². The lowest BCUT2D eigenvalue weighted by molar-refractivity contribution is 0.264. The van der Waals surface area contributed by atoms with Crippen LogP contribution in [0.3, 0.4) is 0 Å². The van der Waals surface area contributed by atoms with Gasteiger partial charge in [0.1, 0.15) is 0 Å². The summed E-state index contributed by atoms with van der Waals surface area (Å²) >= 11 is 0. The largest absolute Gasteiger partial charge is 0.382 e. The van der Waals surface area contributed by atoms with Gasteiger partial charge in [-0.2, -0.15) is 5.10 Å². The maximum Gasteiger partial charge on any atom is 0.152 e. The molecule has 2 aromatic heterocycles. The molecule has 0 amide bonds. The second-order valence-corrected chi connectivity index (χ2v) is 9.65. The normalized spacial score (nSPS) is 14.8. The molecule has 0 unspecified atom stereocenters. The highest BCUT2D eigenvalue weighted by molar-refractivity contribution is 5.82. The van der Waals surface area contributed by atoms with E-state index in [1.807, 2.05) is 18.5 Å². The molecule has 3 heterocycles. The predicted octanol–water partition coefficient (Wildman–Crippen LogP) is 5.72. The van der Waals surface area contributed by atoms with Gasteiger partial charge in [0.2, 0.25) is 0 Å². The van der Waals surface area contributed by atoms with Gasteiger partial charge in [-0.15, -0.1) is 0 Å². The van der Waals surface area contributed by atoms with Crippen molar-refractivity contribution in [3.8, 4) is 11.3 Å². The van der Waals surface area contributed by atoms with E-state index in [2.05, 4.69) is 109 Å². The first-order chi connectivity index (χ1) is 17.7. The molecule has 182 valence electrons. The molecule has 0 atom stereocenters. The van der Waals surface area contributed by atoms with Gasteiger partial charge in [-0.1, -0.05) is 36.4 Å². The molecule has 1 fully saturated rings. The summed E-state index contributed by atoms with van der Waals surface area (Å²) in [5, 5.41) is 14.7. The van der Waals surface area contributed by atoms with Crippen LogP contribution < -0.4 is 10.6 Å². The first-order valence-corrected chi connectivity index (χ1v) is 12.6. The Kier molecular flexibility index (Phi) is 6.13. The van der Waals surface area contributed by atoms with Crippen LogP contribution in [-0.4, -0.2) is 50.8 Å². The van der Waals surface area contributed by atoms with E-state index in [0.717, 1.165) is 53.4 Å². The van der Waals surface area contributed by atoms with Crippen LogP contribution >= 0.6 is 0 Å². The number of nitrogens with zero attached hydrogens (tertiary/aromatic N) is 4. The summed E-state index contributed by atoms with van der Waals surface area (Å²) in [7, 11) is 2.19. The van der Waals surface area contributed by atoms with E-state index in [4.69, 9.17) is 0 Å². The quantitative estimate of drug-likeness (QED) is 0.279. The van der Waals surface area contributed by atoms with Gasteiger partial charge in [0.15, 0.2) is 5.82 Å². The van der Waals surface area contributed by atoms with Crippen LogP contribution in [0, 0.1) is 0 Å². The number of aromatic amines is 1. The number of fused-ring (bicyclic) bond motifs is 1. The third-order valence-corrected chi connectivity index (χ3v) is 6.95. The lowest BCUT2D eigenvalue weighted by atomic mass is 10.1. The van der Waals surface area contributed by atoms with Crippen LogP contribution in [0.1, 0.15) is 18.4 Å². The van der Waals surface area contributed by atoms with E-state index in [-0.39, 0.29) is 0 Å². The lowest BCUT2D eigenvalue weighted by Crippen LogP contribution is -2.36. The molecule has 1 saturated heterocycles. The highest BCUT2D eigenvalue weighted by Crippen LogP contribution is 2.26. The first-order valence-electron chi connectivity index (χ1n) is 12.6. The third-order valence-electron chi connectivity index (χ3n) is 6.95. The van der Waals surface area contributed by atoms with E-state index < -0.39 is 0 Å². The number of piperidine rings is 1. The number of imidazole rings is 1. The molecule has 0 saturated carbocycles. The molecule has 3 N–H and O–H groups in total. The van der Waals surface area contributed by atoms with Crippen molar-refractivity contribution in [2.45, 2.75) is 25.4 Å². The second kappa shape index (κ2) is 9.87. The van der Waals surface area contributed by atoms with Crippen LogP contribution in [0.2, 0.25) is 0 Å². The maximum atomic E-state index is 4.58. The van der Waals surface area contributed by atoms with Crippen LogP contribution in [0.5, 0.6) is 0 Å². The Labute approximate surface area is 211 Å². The topological polar surface area (TPSA) is 73.8 Å². The zero-order valence-corrected chi connectivity index (χ0v) is 20.5. The maximum absolute atomic E-state index is 4.58. The number of likely N-dealkylation sites (tertiary alicyclic amines) is 1. The number of benzene rings is 3. The monoisotopic (exact) mass is 477 g/mol. The molecule has 0 spiro atoms. The van der Waals surface area contributed by atoms with Crippen molar-refractivity contribution >= 4 is 28.2 Å². The van der Waals surface area contributed by atoms with Crippen molar-refractivity contribution in [2.24, 2.45) is 0 Å². The Balaban J connectivity index is 1.14. The van der Waals surface area contributed by atoms with Gasteiger partial charge in [-0.25, -0.2) is 4.98 Å². The van der Waals surface area contributed by atoms with E-state index in [9.17, 15) is 0 Å². The van der Waals surface area contributed by atoms with E-state index in [1.165, 1.54) is 24.1 Å². The fourth-order valence-electron chi connectivity index (χ4n) is 4.85. The molecule has 36 heavy (non-hydrogen) atoms. The Morgan fingerprint density at radius 3 is 2.50 bits per heavy atom. The molecule has 3 aromatic carbocycles. The number of hydrogen-bond donors (Lipinski definition) is 3. The number of rotatable bonds is 7.